The molecule has 0 saturated carbocycles. The zero-order chi connectivity index (χ0) is 15.9. The Balaban J connectivity index is 3.16. The third-order valence-electron chi connectivity index (χ3n) is 2.73. The van der Waals surface area contributed by atoms with Gasteiger partial charge in [0.1, 0.15) is 0 Å². The quantitative estimate of drug-likeness (QED) is 0.439. The van der Waals surface area contributed by atoms with Gasteiger partial charge in [-0.25, -0.2) is 13.2 Å². The first kappa shape index (κ1) is 17.1. The standard InChI is InChI=1S/C15H19NO4S/c1-4-10-14(15(17)20-16(5-2)6-3)21(18,19)13-11-8-7-9-12-13/h4,7-12H,1,5-6H2,2-3H3. The van der Waals surface area contributed by atoms with Crippen molar-refractivity contribution < 1.29 is 18.0 Å². The van der Waals surface area contributed by atoms with Crippen LogP contribution in [0.1, 0.15) is 13.8 Å². The molecule has 0 N–H and O–H groups in total. The lowest BCUT2D eigenvalue weighted by molar-refractivity contribution is -0.182. The summed E-state index contributed by atoms with van der Waals surface area (Å²) in [4.78, 5) is 16.8. The van der Waals surface area contributed by atoms with Crippen LogP contribution in [0.4, 0.5) is 0 Å². The number of allylic oxidation sites excluding steroid dienone is 2. The molecular formula is C15H19NO4S. The van der Waals surface area contributed by atoms with Gasteiger partial charge in [-0.1, -0.05) is 30.9 Å². The summed E-state index contributed by atoms with van der Waals surface area (Å²) < 4.78 is 25.0. The van der Waals surface area contributed by atoms with E-state index in [1.807, 2.05) is 0 Å². The third-order valence-corrected chi connectivity index (χ3v) is 4.51. The highest BCUT2D eigenvalue weighted by atomic mass is 32.2. The number of hydrogen-bond acceptors (Lipinski definition) is 5. The fourth-order valence-electron chi connectivity index (χ4n) is 1.62. The van der Waals surface area contributed by atoms with Crippen molar-refractivity contribution >= 4 is 15.8 Å². The summed E-state index contributed by atoms with van der Waals surface area (Å²) >= 11 is 0. The molecule has 0 spiro atoms. The van der Waals surface area contributed by atoms with Gasteiger partial charge in [-0.2, -0.15) is 0 Å². The zero-order valence-electron chi connectivity index (χ0n) is 12.2. The van der Waals surface area contributed by atoms with Crippen LogP contribution < -0.4 is 0 Å². The van der Waals surface area contributed by atoms with Crippen LogP contribution in [0.15, 0.2) is 58.9 Å². The summed E-state index contributed by atoms with van der Waals surface area (Å²) in [6.07, 6.45) is 2.40. The first-order valence-corrected chi connectivity index (χ1v) is 8.05. The average molecular weight is 309 g/mol. The predicted molar refractivity (Wildman–Crippen MR) is 80.9 cm³/mol. The average Bonchev–Trinajstić information content (AvgIpc) is 2.50. The molecular weight excluding hydrogens is 290 g/mol. The minimum Gasteiger partial charge on any atom is -0.363 e. The molecule has 114 valence electrons. The Morgan fingerprint density at radius 3 is 2.29 bits per heavy atom. The Hall–Kier alpha value is -1.92. The van der Waals surface area contributed by atoms with E-state index >= 15 is 0 Å². The van der Waals surface area contributed by atoms with Crippen LogP contribution in [-0.2, 0) is 19.5 Å². The van der Waals surface area contributed by atoms with Crippen LogP contribution in [-0.4, -0.2) is 32.5 Å². The number of carbonyl (C=O) groups excluding carboxylic acids is 1. The van der Waals surface area contributed by atoms with E-state index in [0.717, 1.165) is 6.08 Å². The highest BCUT2D eigenvalue weighted by Crippen LogP contribution is 2.20. The van der Waals surface area contributed by atoms with Crippen LogP contribution in [0.5, 0.6) is 0 Å². The third kappa shape index (κ3) is 4.27. The largest absolute Gasteiger partial charge is 0.369 e. The van der Waals surface area contributed by atoms with E-state index < -0.39 is 20.7 Å². The molecule has 1 aromatic carbocycles. The van der Waals surface area contributed by atoms with Crippen molar-refractivity contribution in [1.82, 2.24) is 5.06 Å². The topological polar surface area (TPSA) is 63.7 Å². The summed E-state index contributed by atoms with van der Waals surface area (Å²) in [7, 11) is -3.94. The second-order valence-corrected chi connectivity index (χ2v) is 5.99. The normalized spacial score (nSPS) is 12.2. The molecule has 0 aliphatic heterocycles. The molecule has 0 radical (unpaired) electrons. The van der Waals surface area contributed by atoms with Crippen LogP contribution in [0, 0.1) is 0 Å². The van der Waals surface area contributed by atoms with Crippen LogP contribution >= 0.6 is 0 Å². The molecule has 1 rings (SSSR count). The van der Waals surface area contributed by atoms with Crippen LogP contribution in [0.3, 0.4) is 0 Å². The number of rotatable bonds is 7. The van der Waals surface area contributed by atoms with Crippen LogP contribution in [0.2, 0.25) is 0 Å². The molecule has 0 amide bonds. The number of nitrogens with zero attached hydrogens (tertiary/aromatic N) is 1. The maximum atomic E-state index is 12.5. The summed E-state index contributed by atoms with van der Waals surface area (Å²) in [5, 5.41) is 1.37. The van der Waals surface area contributed by atoms with Crippen molar-refractivity contribution in [2.45, 2.75) is 18.7 Å². The van der Waals surface area contributed by atoms with Gasteiger partial charge in [0.25, 0.3) is 0 Å². The minimum absolute atomic E-state index is 0.0367. The number of hydroxylamine groups is 2. The molecule has 0 aliphatic carbocycles. The van der Waals surface area contributed by atoms with E-state index in [-0.39, 0.29) is 4.90 Å². The minimum atomic E-state index is -3.94. The van der Waals surface area contributed by atoms with E-state index in [2.05, 4.69) is 6.58 Å². The highest BCUT2D eigenvalue weighted by Gasteiger charge is 2.29. The first-order chi connectivity index (χ1) is 9.97. The van der Waals surface area contributed by atoms with Gasteiger partial charge in [0, 0.05) is 13.1 Å². The molecule has 0 heterocycles. The van der Waals surface area contributed by atoms with Gasteiger partial charge < -0.3 is 4.84 Å². The Bertz CT molecular complexity index is 616. The van der Waals surface area contributed by atoms with Crippen molar-refractivity contribution in [3.63, 3.8) is 0 Å². The molecule has 0 fully saturated rings. The molecule has 0 aliphatic rings. The molecule has 0 atom stereocenters. The van der Waals surface area contributed by atoms with E-state index in [1.165, 1.54) is 23.3 Å². The van der Waals surface area contributed by atoms with Gasteiger partial charge in [-0.15, -0.1) is 5.06 Å². The van der Waals surface area contributed by atoms with Crippen molar-refractivity contribution in [3.05, 3.63) is 54.0 Å². The fourth-order valence-corrected chi connectivity index (χ4v) is 2.92. The Labute approximate surface area is 125 Å². The Morgan fingerprint density at radius 2 is 1.81 bits per heavy atom. The monoisotopic (exact) mass is 309 g/mol. The smallest absolute Gasteiger partial charge is 0.363 e. The van der Waals surface area contributed by atoms with Crippen molar-refractivity contribution in [2.24, 2.45) is 0 Å². The second-order valence-electron chi connectivity index (χ2n) is 4.08. The van der Waals surface area contributed by atoms with Gasteiger partial charge in [-0.05, 0) is 32.1 Å². The molecule has 0 bridgehead atoms. The van der Waals surface area contributed by atoms with Crippen molar-refractivity contribution in [2.75, 3.05) is 13.1 Å². The van der Waals surface area contributed by atoms with E-state index in [4.69, 9.17) is 4.84 Å². The molecule has 6 heteroatoms. The van der Waals surface area contributed by atoms with Gasteiger partial charge in [-0.3, -0.25) is 0 Å². The molecule has 1 aromatic rings. The molecule has 5 nitrogen and oxygen atoms in total. The lowest BCUT2D eigenvalue weighted by Gasteiger charge is -2.18. The number of benzene rings is 1. The number of carbonyl (C=O) groups is 1. The maximum Gasteiger partial charge on any atom is 0.369 e. The van der Waals surface area contributed by atoms with Gasteiger partial charge in [0.15, 0.2) is 4.91 Å². The first-order valence-electron chi connectivity index (χ1n) is 6.57. The summed E-state index contributed by atoms with van der Waals surface area (Å²) in [5.41, 5.74) is 0. The maximum absolute atomic E-state index is 12.5. The lowest BCUT2D eigenvalue weighted by Crippen LogP contribution is -2.29. The van der Waals surface area contributed by atoms with E-state index in [0.29, 0.717) is 13.1 Å². The second kappa shape index (κ2) is 7.75. The Kier molecular flexibility index (Phi) is 6.33. The number of hydrogen-bond donors (Lipinski definition) is 0. The van der Waals surface area contributed by atoms with Gasteiger partial charge in [0.05, 0.1) is 4.90 Å². The highest BCUT2D eigenvalue weighted by molar-refractivity contribution is 7.96. The summed E-state index contributed by atoms with van der Waals surface area (Å²) in [6, 6.07) is 7.74. The Morgan fingerprint density at radius 1 is 1.24 bits per heavy atom. The summed E-state index contributed by atoms with van der Waals surface area (Å²) in [6.45, 7) is 7.99. The summed E-state index contributed by atoms with van der Waals surface area (Å²) in [5.74, 6) is -0.914. The zero-order valence-corrected chi connectivity index (χ0v) is 13.0. The molecule has 21 heavy (non-hydrogen) atoms. The van der Waals surface area contributed by atoms with Gasteiger partial charge >= 0.3 is 5.97 Å². The van der Waals surface area contributed by atoms with Crippen LogP contribution in [0.25, 0.3) is 0 Å². The molecule has 0 saturated heterocycles. The molecule has 0 aromatic heterocycles. The fraction of sp³-hybridized carbons (Fsp3) is 0.267. The SMILES string of the molecule is C=CC=C(C(=O)ON(CC)CC)S(=O)(=O)c1ccccc1. The molecule has 0 unspecified atom stereocenters. The van der Waals surface area contributed by atoms with E-state index in [1.54, 1.807) is 32.0 Å². The van der Waals surface area contributed by atoms with Crippen molar-refractivity contribution in [1.29, 1.82) is 0 Å². The number of sulfone groups is 1. The predicted octanol–water partition coefficient (Wildman–Crippen LogP) is 2.33. The van der Waals surface area contributed by atoms with E-state index in [9.17, 15) is 13.2 Å². The van der Waals surface area contributed by atoms with Crippen molar-refractivity contribution in [3.8, 4) is 0 Å². The lowest BCUT2D eigenvalue weighted by atomic mass is 10.4. The van der Waals surface area contributed by atoms with Gasteiger partial charge in [0.2, 0.25) is 9.84 Å².